The van der Waals surface area contributed by atoms with Crippen LogP contribution in [0.3, 0.4) is 0 Å². The summed E-state index contributed by atoms with van der Waals surface area (Å²) in [7, 11) is 0. The van der Waals surface area contributed by atoms with E-state index in [1.54, 1.807) is 6.92 Å². The molecule has 0 aromatic heterocycles. The second kappa shape index (κ2) is 5.15. The molecule has 1 aliphatic rings. The first-order chi connectivity index (χ1) is 5.61. The number of rotatable bonds is 2. The molecule has 0 bridgehead atoms. The van der Waals surface area contributed by atoms with Crippen molar-refractivity contribution in [3.63, 3.8) is 0 Å². The van der Waals surface area contributed by atoms with Crippen LogP contribution in [0.1, 0.15) is 13.3 Å². The topological polar surface area (TPSA) is 75.4 Å². The first-order valence-corrected chi connectivity index (χ1v) is 3.76. The number of esters is 1. The van der Waals surface area contributed by atoms with Crippen molar-refractivity contribution >= 4 is 12.2 Å². The average Bonchev–Trinajstić information content (AvgIpc) is 2.33. The smallest absolute Gasteiger partial charge is 0.613 e. The van der Waals surface area contributed by atoms with Crippen LogP contribution in [0.4, 0.5) is 0 Å². The monoisotopic (exact) mass is 179 g/mol. The van der Waals surface area contributed by atoms with Crippen molar-refractivity contribution < 1.29 is 33.3 Å². The fourth-order valence-electron chi connectivity index (χ4n) is 1.28. The van der Waals surface area contributed by atoms with Crippen LogP contribution in [-0.4, -0.2) is 23.7 Å². The van der Waals surface area contributed by atoms with Gasteiger partial charge in [-0.2, -0.15) is 4.90 Å². The molecule has 2 atom stereocenters. The van der Waals surface area contributed by atoms with Crippen LogP contribution in [-0.2, 0) is 9.53 Å². The molecule has 0 radical (unpaired) electrons. The zero-order chi connectivity index (χ0) is 9.14. The molecule has 1 fully saturated rings. The molecule has 0 aromatic carbocycles. The van der Waals surface area contributed by atoms with Crippen molar-refractivity contribution in [1.82, 2.24) is 0 Å². The maximum Gasteiger partial charge on any atom is 1.00 e. The molecule has 0 aromatic rings. The van der Waals surface area contributed by atoms with Crippen molar-refractivity contribution in [1.29, 1.82) is 0 Å². The summed E-state index contributed by atoms with van der Waals surface area (Å²) >= 11 is 0. The normalized spacial score (nSPS) is 22.8. The second-order valence-corrected chi connectivity index (χ2v) is 2.86. The molecule has 0 N–H and O–H groups in total. The van der Waals surface area contributed by atoms with E-state index in [0.717, 1.165) is 6.21 Å². The van der Waals surface area contributed by atoms with Gasteiger partial charge in [0.2, 0.25) is 0 Å². The number of cyclic esters (lactones) is 1. The van der Waals surface area contributed by atoms with E-state index in [0.29, 0.717) is 13.0 Å². The molecule has 2 unspecified atom stereocenters. The first kappa shape index (κ1) is 12.3. The Bertz CT molecular complexity index is 215. The molecule has 1 heterocycles. The standard InChI is InChI=1S/C7H10NO4.Li/c1-5(4-8(10)11)6-2-3-12-7(6)9;/h4-6H,2-3H2,1H3;/q-1;+1. The van der Waals surface area contributed by atoms with Gasteiger partial charge in [-0.25, -0.2) is 0 Å². The SMILES string of the molecule is CC(C=[N+]([O-])[O-])C1CCOC1=O.[Li+]. The largest absolute Gasteiger partial charge is 1.00 e. The molecule has 1 aliphatic heterocycles. The van der Waals surface area contributed by atoms with Crippen molar-refractivity contribution in [2.45, 2.75) is 13.3 Å². The van der Waals surface area contributed by atoms with Gasteiger partial charge in [0, 0.05) is 5.92 Å². The van der Waals surface area contributed by atoms with E-state index in [1.807, 2.05) is 0 Å². The Hall–Kier alpha value is -0.663. The molecule has 68 valence electrons. The van der Waals surface area contributed by atoms with Crippen LogP contribution < -0.4 is 18.9 Å². The van der Waals surface area contributed by atoms with Crippen LogP contribution in [0.25, 0.3) is 0 Å². The van der Waals surface area contributed by atoms with Crippen LogP contribution in [0.15, 0.2) is 0 Å². The summed E-state index contributed by atoms with van der Waals surface area (Å²) in [5.41, 5.74) is 0. The molecule has 1 saturated heterocycles. The van der Waals surface area contributed by atoms with E-state index in [1.165, 1.54) is 0 Å². The molecule has 0 saturated carbocycles. The quantitative estimate of drug-likeness (QED) is 0.151. The molecule has 13 heavy (non-hydrogen) atoms. The fraction of sp³-hybridized carbons (Fsp3) is 0.714. The first-order valence-electron chi connectivity index (χ1n) is 3.76. The van der Waals surface area contributed by atoms with Crippen LogP contribution >= 0.6 is 0 Å². The number of ether oxygens (including phenoxy) is 1. The Morgan fingerprint density at radius 2 is 2.31 bits per heavy atom. The van der Waals surface area contributed by atoms with E-state index in [9.17, 15) is 15.2 Å². The molecule has 0 aliphatic carbocycles. The average molecular weight is 179 g/mol. The second-order valence-electron chi connectivity index (χ2n) is 2.86. The molecule has 0 amide bonds. The van der Waals surface area contributed by atoms with Gasteiger partial charge in [0.25, 0.3) is 0 Å². The van der Waals surface area contributed by atoms with E-state index in [-0.39, 0.29) is 36.7 Å². The number of carbonyl (C=O) groups is 1. The third-order valence-corrected chi connectivity index (χ3v) is 1.97. The minimum Gasteiger partial charge on any atom is -0.613 e. The van der Waals surface area contributed by atoms with Crippen LogP contribution in [0.5, 0.6) is 0 Å². The van der Waals surface area contributed by atoms with Gasteiger partial charge in [-0.15, -0.1) is 0 Å². The molecule has 5 nitrogen and oxygen atoms in total. The van der Waals surface area contributed by atoms with Crippen molar-refractivity contribution in [2.24, 2.45) is 11.8 Å². The number of hydrogen-bond acceptors (Lipinski definition) is 4. The van der Waals surface area contributed by atoms with Crippen molar-refractivity contribution in [3.05, 3.63) is 10.4 Å². The molecule has 1 rings (SSSR count). The summed E-state index contributed by atoms with van der Waals surface area (Å²) in [5, 5.41) is 20.1. The molecular weight excluding hydrogens is 169 g/mol. The third kappa shape index (κ3) is 3.29. The summed E-state index contributed by atoms with van der Waals surface area (Å²) in [4.78, 5) is 10.4. The molecule has 0 spiro atoms. The van der Waals surface area contributed by atoms with Gasteiger partial charge in [-0.3, -0.25) is 4.79 Å². The Labute approximate surface area is 88.1 Å². The Morgan fingerprint density at radius 3 is 2.69 bits per heavy atom. The zero-order valence-electron chi connectivity index (χ0n) is 7.73. The Balaban J connectivity index is 0.00000144. The van der Waals surface area contributed by atoms with Gasteiger partial charge in [0.05, 0.1) is 12.5 Å². The Morgan fingerprint density at radius 1 is 1.69 bits per heavy atom. The summed E-state index contributed by atoms with van der Waals surface area (Å²) in [6, 6.07) is 0. The fourth-order valence-corrected chi connectivity index (χ4v) is 1.28. The van der Waals surface area contributed by atoms with Gasteiger partial charge in [0.1, 0.15) is 0 Å². The number of carbonyl (C=O) groups excluding carboxylic acids is 1. The summed E-state index contributed by atoms with van der Waals surface area (Å²) in [5.74, 6) is -0.981. The van der Waals surface area contributed by atoms with Gasteiger partial charge in [-0.05, 0) is 6.42 Å². The van der Waals surface area contributed by atoms with Crippen LogP contribution in [0, 0.1) is 22.3 Å². The van der Waals surface area contributed by atoms with Crippen molar-refractivity contribution in [3.8, 4) is 0 Å². The summed E-state index contributed by atoms with van der Waals surface area (Å²) in [6.45, 7) is 2.04. The van der Waals surface area contributed by atoms with Crippen molar-refractivity contribution in [2.75, 3.05) is 6.61 Å². The summed E-state index contributed by atoms with van der Waals surface area (Å²) < 4.78 is 4.69. The van der Waals surface area contributed by atoms with Gasteiger partial charge >= 0.3 is 24.8 Å². The van der Waals surface area contributed by atoms with Gasteiger partial charge in [0.15, 0.2) is 6.21 Å². The third-order valence-electron chi connectivity index (χ3n) is 1.97. The maximum atomic E-state index is 10.9. The molecule has 6 heteroatoms. The van der Waals surface area contributed by atoms with E-state index >= 15 is 0 Å². The minimum absolute atomic E-state index is 0. The predicted octanol–water partition coefficient (Wildman–Crippen LogP) is -2.73. The van der Waals surface area contributed by atoms with Gasteiger partial charge in [-0.1, -0.05) is 6.92 Å². The number of hydrogen-bond donors (Lipinski definition) is 0. The van der Waals surface area contributed by atoms with Gasteiger partial charge < -0.3 is 15.2 Å². The molecular formula is C7H10LiNO4. The van der Waals surface area contributed by atoms with E-state index in [4.69, 9.17) is 0 Å². The van der Waals surface area contributed by atoms with E-state index in [2.05, 4.69) is 4.74 Å². The zero-order valence-corrected chi connectivity index (χ0v) is 7.73. The Kier molecular flexibility index (Phi) is 4.89. The summed E-state index contributed by atoms with van der Waals surface area (Å²) in [6.07, 6.45) is 1.53. The van der Waals surface area contributed by atoms with E-state index < -0.39 is 4.90 Å². The minimum atomic E-state index is -0.518. The number of nitrogens with zero attached hydrogens (tertiary/aromatic N) is 1. The van der Waals surface area contributed by atoms with Crippen LogP contribution in [0.2, 0.25) is 0 Å². The maximum absolute atomic E-state index is 10.9. The predicted molar refractivity (Wildman–Crippen MR) is 41.3 cm³/mol.